The molecule has 0 radical (unpaired) electrons. The number of nitro benzene ring substituents is 2. The van der Waals surface area contributed by atoms with Gasteiger partial charge < -0.3 is 33.2 Å². The second kappa shape index (κ2) is 18.7. The maximum atomic E-state index is 13.9. The van der Waals surface area contributed by atoms with Gasteiger partial charge in [0, 0.05) is 25.6 Å². The number of hydrogen-bond acceptors (Lipinski definition) is 13. The average molecular weight is 829 g/mol. The number of ketones is 1. The van der Waals surface area contributed by atoms with Crippen LogP contribution < -0.4 is 14.2 Å². The molecule has 0 bridgehead atoms. The van der Waals surface area contributed by atoms with E-state index < -0.39 is 59.4 Å². The molecule has 2 aliphatic rings. The minimum absolute atomic E-state index is 0.00866. The topological polar surface area (TPSA) is 207 Å². The molecule has 2 fully saturated rings. The third-order valence-corrected chi connectivity index (χ3v) is 15.8. The summed E-state index contributed by atoms with van der Waals surface area (Å²) in [5.74, 6) is -1.69. The predicted molar refractivity (Wildman–Crippen MR) is 215 cm³/mol. The molecule has 0 saturated carbocycles. The Bertz CT molecular complexity index is 1910. The van der Waals surface area contributed by atoms with Crippen LogP contribution in [0.25, 0.3) is 0 Å². The number of hydrogen-bond donors (Lipinski definition) is 0. The molecule has 2 aromatic rings. The highest BCUT2D eigenvalue weighted by Crippen LogP contribution is 2.40. The van der Waals surface area contributed by atoms with Crippen molar-refractivity contribution in [3.8, 4) is 17.2 Å². The van der Waals surface area contributed by atoms with Crippen LogP contribution in [0.3, 0.4) is 0 Å². The molecule has 18 heteroatoms. The Labute approximate surface area is 339 Å². The molecule has 17 nitrogen and oxygen atoms in total. The van der Waals surface area contributed by atoms with Crippen LogP contribution in [0.5, 0.6) is 17.2 Å². The molecule has 2 saturated heterocycles. The number of likely N-dealkylation sites (tertiary alicyclic amines) is 2. The number of ether oxygens (including phenoxy) is 4. The summed E-state index contributed by atoms with van der Waals surface area (Å²) >= 11 is 0. The summed E-state index contributed by atoms with van der Waals surface area (Å²) in [4.78, 5) is 78.0. The van der Waals surface area contributed by atoms with Crippen molar-refractivity contribution in [2.24, 2.45) is 5.92 Å². The molecule has 2 aromatic carbocycles. The summed E-state index contributed by atoms with van der Waals surface area (Å²) in [6, 6.07) is 3.43. The first kappa shape index (κ1) is 45.6. The van der Waals surface area contributed by atoms with Gasteiger partial charge in [-0.3, -0.25) is 34.6 Å². The normalized spacial score (nSPS) is 19.5. The molecular weight excluding hydrogens is 773 g/mol. The predicted octanol–water partition coefficient (Wildman–Crippen LogP) is 6.67. The summed E-state index contributed by atoms with van der Waals surface area (Å²) in [6.45, 7) is 16.2. The highest BCUT2D eigenvalue weighted by atomic mass is 28.4. The van der Waals surface area contributed by atoms with E-state index in [-0.39, 0.29) is 77.5 Å². The molecule has 2 amide bonds. The summed E-state index contributed by atoms with van der Waals surface area (Å²) in [7, 11) is 0.350. The molecule has 2 aliphatic heterocycles. The summed E-state index contributed by atoms with van der Waals surface area (Å²) in [5, 5.41) is 24.2. The van der Waals surface area contributed by atoms with Crippen molar-refractivity contribution in [1.82, 2.24) is 9.80 Å². The Balaban J connectivity index is 1.37. The third kappa shape index (κ3) is 10.3. The fraction of sp³-hybridized carbons (Fsp3) is 0.600. The van der Waals surface area contributed by atoms with Crippen LogP contribution in [0.15, 0.2) is 24.3 Å². The Morgan fingerprint density at radius 2 is 1.33 bits per heavy atom. The zero-order chi connectivity index (χ0) is 43.3. The lowest BCUT2D eigenvalue weighted by Crippen LogP contribution is -2.45. The number of benzene rings is 2. The number of aryl methyl sites for hydroxylation is 1. The standard InChI is InChI=1S/C40H56N4O13Si/c1-24-16-33(39(48)54-8)41(22-24)38(47)29-19-35(53-7)36(21-32(29)44(51)52)56-15-13-11-12-14-55-34-20-31(43(49)50)28(17-25(34)2)37(46)42-23-27(18-30(42)26(3)45)57-58(9,10)40(4,5)6/h17,19-21,24,27,30,33H,11-16,18,22-23H2,1-10H3/t24-,27-,30+,33+/m1/s1. The van der Waals surface area contributed by atoms with Gasteiger partial charge in [0.2, 0.25) is 0 Å². The van der Waals surface area contributed by atoms with Crippen LogP contribution in [0.2, 0.25) is 18.1 Å². The van der Waals surface area contributed by atoms with Gasteiger partial charge in [-0.15, -0.1) is 0 Å². The number of methoxy groups -OCH3 is 2. The van der Waals surface area contributed by atoms with E-state index >= 15 is 0 Å². The van der Waals surface area contributed by atoms with Crippen LogP contribution in [-0.2, 0) is 18.8 Å². The maximum absolute atomic E-state index is 13.9. The van der Waals surface area contributed by atoms with Crippen molar-refractivity contribution >= 4 is 43.3 Å². The lowest BCUT2D eigenvalue weighted by molar-refractivity contribution is -0.385. The average Bonchev–Trinajstić information content (AvgIpc) is 3.76. The molecular formula is C40H56N4O13Si. The molecule has 0 aliphatic carbocycles. The van der Waals surface area contributed by atoms with Gasteiger partial charge in [0.05, 0.1) is 61.6 Å². The van der Waals surface area contributed by atoms with E-state index in [1.165, 1.54) is 49.1 Å². The molecule has 0 spiro atoms. The second-order valence-electron chi connectivity index (χ2n) is 16.6. The van der Waals surface area contributed by atoms with Crippen molar-refractivity contribution in [2.45, 2.75) is 110 Å². The molecule has 0 aromatic heterocycles. The second-order valence-corrected chi connectivity index (χ2v) is 21.3. The molecule has 0 N–H and O–H groups in total. The number of carbonyl (C=O) groups is 4. The van der Waals surface area contributed by atoms with Crippen molar-refractivity contribution < 1.29 is 52.4 Å². The SMILES string of the molecule is COC(=O)[C@@H]1C[C@@H](C)CN1C(=O)c1cc(OC)c(OCCCCCOc2cc([N+](=O)[O-])c(C(=O)N3C[C@H](O[Si](C)(C)C(C)(C)C)C[C@H]3C(C)=O)cc2C)cc1[N+](=O)[O-]. The van der Waals surface area contributed by atoms with Crippen LogP contribution in [0.1, 0.15) is 93.0 Å². The highest BCUT2D eigenvalue weighted by molar-refractivity contribution is 6.74. The van der Waals surface area contributed by atoms with Gasteiger partial charge in [-0.1, -0.05) is 27.7 Å². The minimum atomic E-state index is -2.22. The van der Waals surface area contributed by atoms with E-state index in [9.17, 15) is 39.4 Å². The lowest BCUT2D eigenvalue weighted by Gasteiger charge is -2.38. The minimum Gasteiger partial charge on any atom is -0.493 e. The van der Waals surface area contributed by atoms with Crippen molar-refractivity contribution in [3.05, 3.63) is 61.2 Å². The van der Waals surface area contributed by atoms with Crippen LogP contribution in [0, 0.1) is 33.1 Å². The fourth-order valence-electron chi connectivity index (χ4n) is 7.07. The van der Waals surface area contributed by atoms with Crippen molar-refractivity contribution in [3.63, 3.8) is 0 Å². The zero-order valence-corrected chi connectivity index (χ0v) is 36.1. The Hall–Kier alpha value is -5.10. The van der Waals surface area contributed by atoms with E-state index in [1.54, 1.807) is 6.92 Å². The number of unbranched alkanes of at least 4 members (excludes halogenated alkanes) is 2. The van der Waals surface area contributed by atoms with E-state index in [2.05, 4.69) is 33.9 Å². The van der Waals surface area contributed by atoms with Crippen molar-refractivity contribution in [1.29, 1.82) is 0 Å². The number of carbonyl (C=O) groups excluding carboxylic acids is 4. The van der Waals surface area contributed by atoms with Crippen LogP contribution in [-0.4, -0.2) is 110 Å². The van der Waals surface area contributed by atoms with Gasteiger partial charge in [0.1, 0.15) is 22.9 Å². The fourth-order valence-corrected chi connectivity index (χ4v) is 8.43. The first-order valence-corrected chi connectivity index (χ1v) is 22.3. The number of amides is 2. The largest absolute Gasteiger partial charge is 0.493 e. The molecule has 58 heavy (non-hydrogen) atoms. The van der Waals surface area contributed by atoms with Gasteiger partial charge in [-0.25, -0.2) is 4.79 Å². The Morgan fingerprint density at radius 3 is 1.84 bits per heavy atom. The van der Waals surface area contributed by atoms with Crippen LogP contribution in [0.4, 0.5) is 11.4 Å². The number of esters is 1. The van der Waals surface area contributed by atoms with Gasteiger partial charge in [0.25, 0.3) is 23.2 Å². The summed E-state index contributed by atoms with van der Waals surface area (Å²) in [6.07, 6.45) is 1.97. The molecule has 4 atom stereocenters. The quantitative estimate of drug-likeness (QED) is 0.0538. The van der Waals surface area contributed by atoms with Gasteiger partial charge in [-0.2, -0.15) is 0 Å². The Kier molecular flexibility index (Phi) is 14.7. The third-order valence-electron chi connectivity index (χ3n) is 11.2. The van der Waals surface area contributed by atoms with Gasteiger partial charge in [-0.05, 0) is 75.2 Å². The maximum Gasteiger partial charge on any atom is 0.328 e. The lowest BCUT2D eigenvalue weighted by atomic mass is 10.1. The smallest absolute Gasteiger partial charge is 0.328 e. The Morgan fingerprint density at radius 1 is 0.793 bits per heavy atom. The monoisotopic (exact) mass is 828 g/mol. The van der Waals surface area contributed by atoms with Crippen molar-refractivity contribution in [2.75, 3.05) is 40.5 Å². The number of Topliss-reactive ketones (excluding diaryl/α,β-unsaturated/α-hetero) is 1. The van der Waals surface area contributed by atoms with E-state index in [0.717, 1.165) is 6.07 Å². The van der Waals surface area contributed by atoms with E-state index in [4.69, 9.17) is 23.4 Å². The van der Waals surface area contributed by atoms with E-state index in [0.29, 0.717) is 37.7 Å². The molecule has 0 unspecified atom stereocenters. The first-order chi connectivity index (χ1) is 27.1. The number of rotatable bonds is 17. The first-order valence-electron chi connectivity index (χ1n) is 19.4. The van der Waals surface area contributed by atoms with E-state index in [1.807, 2.05) is 6.92 Å². The molecule has 2 heterocycles. The zero-order valence-electron chi connectivity index (χ0n) is 35.1. The molecule has 318 valence electrons. The van der Waals surface area contributed by atoms with Gasteiger partial charge >= 0.3 is 5.97 Å². The van der Waals surface area contributed by atoms with Gasteiger partial charge in [0.15, 0.2) is 25.6 Å². The highest BCUT2D eigenvalue weighted by Gasteiger charge is 2.46. The van der Waals surface area contributed by atoms with Crippen LogP contribution >= 0.6 is 0 Å². The summed E-state index contributed by atoms with van der Waals surface area (Å²) < 4.78 is 28.5. The summed E-state index contributed by atoms with van der Waals surface area (Å²) in [5.41, 5.74) is -0.771. The molecule has 4 rings (SSSR count). The number of nitro groups is 2. The number of nitrogens with zero attached hydrogens (tertiary/aromatic N) is 4.